The summed E-state index contributed by atoms with van der Waals surface area (Å²) in [5.41, 5.74) is 7.10. The molecule has 0 saturated carbocycles. The molecule has 3 rings (SSSR count). The van der Waals surface area contributed by atoms with Crippen molar-refractivity contribution in [1.82, 2.24) is 9.88 Å². The van der Waals surface area contributed by atoms with Gasteiger partial charge in [-0.2, -0.15) is 0 Å². The molecule has 0 aliphatic carbocycles. The van der Waals surface area contributed by atoms with E-state index < -0.39 is 5.91 Å². The average molecular weight is 389 g/mol. The molecule has 0 spiro atoms. The van der Waals surface area contributed by atoms with Crippen LogP contribution in [0.4, 0.5) is 5.82 Å². The number of aromatic nitrogens is 1. The van der Waals surface area contributed by atoms with Gasteiger partial charge in [-0.3, -0.25) is 9.69 Å². The van der Waals surface area contributed by atoms with Gasteiger partial charge in [-0.05, 0) is 36.2 Å². The lowest BCUT2D eigenvalue weighted by atomic mass is 10.1. The predicted molar refractivity (Wildman–Crippen MR) is 107 cm³/mol. The summed E-state index contributed by atoms with van der Waals surface area (Å²) in [5, 5.41) is 0.652. The zero-order valence-corrected chi connectivity index (χ0v) is 16.3. The summed E-state index contributed by atoms with van der Waals surface area (Å²) in [6, 6.07) is 9.44. The van der Waals surface area contributed by atoms with E-state index in [4.69, 9.17) is 22.1 Å². The van der Waals surface area contributed by atoms with E-state index in [1.807, 2.05) is 12.1 Å². The van der Waals surface area contributed by atoms with Crippen molar-refractivity contribution in [2.75, 3.05) is 37.7 Å². The Kier molecular flexibility index (Phi) is 6.53. The molecule has 1 aromatic carbocycles. The van der Waals surface area contributed by atoms with E-state index in [-0.39, 0.29) is 0 Å². The van der Waals surface area contributed by atoms with Crippen molar-refractivity contribution in [1.29, 1.82) is 0 Å². The SMILES string of the molecule is CCCOc1ccc(CN2CCN(c3ncccc3C(N)=O)CC2)cc1Cl. The fourth-order valence-corrected chi connectivity index (χ4v) is 3.45. The first kappa shape index (κ1) is 19.5. The zero-order chi connectivity index (χ0) is 19.2. The number of nitrogens with two attached hydrogens (primary N) is 1. The Labute approximate surface area is 164 Å². The number of hydrogen-bond acceptors (Lipinski definition) is 5. The average Bonchev–Trinajstić information content (AvgIpc) is 2.68. The smallest absolute Gasteiger partial charge is 0.252 e. The van der Waals surface area contributed by atoms with E-state index in [9.17, 15) is 4.79 Å². The van der Waals surface area contributed by atoms with Gasteiger partial charge in [0, 0.05) is 38.9 Å². The van der Waals surface area contributed by atoms with Gasteiger partial charge in [0.15, 0.2) is 0 Å². The molecule has 1 aromatic heterocycles. The zero-order valence-electron chi connectivity index (χ0n) is 15.5. The van der Waals surface area contributed by atoms with Gasteiger partial charge in [-0.1, -0.05) is 24.6 Å². The lowest BCUT2D eigenvalue weighted by molar-refractivity contribution is 0.1000. The van der Waals surface area contributed by atoms with Gasteiger partial charge >= 0.3 is 0 Å². The van der Waals surface area contributed by atoms with Gasteiger partial charge in [0.1, 0.15) is 11.6 Å². The quantitative estimate of drug-likeness (QED) is 0.789. The summed E-state index contributed by atoms with van der Waals surface area (Å²) in [6.07, 6.45) is 2.65. The molecule has 0 atom stereocenters. The number of nitrogens with zero attached hydrogens (tertiary/aromatic N) is 3. The van der Waals surface area contributed by atoms with Crippen molar-refractivity contribution in [3.05, 3.63) is 52.7 Å². The molecule has 1 fully saturated rings. The second-order valence-electron chi connectivity index (χ2n) is 6.62. The molecule has 7 heteroatoms. The van der Waals surface area contributed by atoms with Crippen LogP contribution >= 0.6 is 11.6 Å². The van der Waals surface area contributed by atoms with Gasteiger partial charge in [0.25, 0.3) is 5.91 Å². The molecule has 0 bridgehead atoms. The highest BCUT2D eigenvalue weighted by Crippen LogP contribution is 2.26. The Morgan fingerprint density at radius 2 is 2.04 bits per heavy atom. The number of halogens is 1. The molecule has 2 N–H and O–H groups in total. The van der Waals surface area contributed by atoms with Crippen LogP contribution < -0.4 is 15.4 Å². The number of hydrogen-bond donors (Lipinski definition) is 1. The van der Waals surface area contributed by atoms with Crippen LogP contribution in [-0.4, -0.2) is 48.6 Å². The van der Waals surface area contributed by atoms with E-state index in [0.717, 1.165) is 50.5 Å². The molecule has 6 nitrogen and oxygen atoms in total. The highest BCUT2D eigenvalue weighted by molar-refractivity contribution is 6.32. The third-order valence-corrected chi connectivity index (χ3v) is 4.88. The molecule has 2 aromatic rings. The molecule has 0 radical (unpaired) electrons. The van der Waals surface area contributed by atoms with E-state index in [1.165, 1.54) is 0 Å². The van der Waals surface area contributed by atoms with Gasteiger partial charge in [-0.15, -0.1) is 0 Å². The van der Waals surface area contributed by atoms with Crippen molar-refractivity contribution in [3.8, 4) is 5.75 Å². The van der Waals surface area contributed by atoms with Crippen LogP contribution in [0.1, 0.15) is 29.3 Å². The summed E-state index contributed by atoms with van der Waals surface area (Å²) >= 11 is 6.33. The number of primary amides is 1. The monoisotopic (exact) mass is 388 g/mol. The number of benzene rings is 1. The lowest BCUT2D eigenvalue weighted by Gasteiger charge is -2.36. The van der Waals surface area contributed by atoms with Gasteiger partial charge < -0.3 is 15.4 Å². The number of piperazine rings is 1. The molecular weight excluding hydrogens is 364 g/mol. The number of ether oxygens (including phenoxy) is 1. The van der Waals surface area contributed by atoms with Crippen LogP contribution in [0.15, 0.2) is 36.5 Å². The van der Waals surface area contributed by atoms with E-state index >= 15 is 0 Å². The van der Waals surface area contributed by atoms with Crippen molar-refractivity contribution in [2.45, 2.75) is 19.9 Å². The van der Waals surface area contributed by atoms with Crippen LogP contribution in [0.25, 0.3) is 0 Å². The summed E-state index contributed by atoms with van der Waals surface area (Å²) in [6.45, 7) is 6.90. The Balaban J connectivity index is 1.59. The molecular formula is C20H25ClN4O2. The molecule has 1 aliphatic heterocycles. The van der Waals surface area contributed by atoms with Gasteiger partial charge in [-0.25, -0.2) is 4.98 Å². The van der Waals surface area contributed by atoms with Crippen LogP contribution in [-0.2, 0) is 6.54 Å². The second-order valence-corrected chi connectivity index (χ2v) is 7.02. The largest absolute Gasteiger partial charge is 0.492 e. The Bertz CT molecular complexity index is 791. The van der Waals surface area contributed by atoms with Crippen molar-refractivity contribution in [2.24, 2.45) is 5.73 Å². The van der Waals surface area contributed by atoms with Gasteiger partial charge in [0.05, 0.1) is 17.2 Å². The number of pyridine rings is 1. The van der Waals surface area contributed by atoms with Gasteiger partial charge in [0.2, 0.25) is 0 Å². The topological polar surface area (TPSA) is 71.7 Å². The lowest BCUT2D eigenvalue weighted by Crippen LogP contribution is -2.46. The van der Waals surface area contributed by atoms with Crippen molar-refractivity contribution in [3.63, 3.8) is 0 Å². The Morgan fingerprint density at radius 1 is 1.26 bits per heavy atom. The third kappa shape index (κ3) is 4.90. The molecule has 144 valence electrons. The molecule has 27 heavy (non-hydrogen) atoms. The normalized spacial score (nSPS) is 15.0. The minimum Gasteiger partial charge on any atom is -0.492 e. The summed E-state index contributed by atoms with van der Waals surface area (Å²) < 4.78 is 5.63. The fraction of sp³-hybridized carbons (Fsp3) is 0.400. The van der Waals surface area contributed by atoms with E-state index in [1.54, 1.807) is 18.3 Å². The van der Waals surface area contributed by atoms with E-state index in [2.05, 4.69) is 27.8 Å². The van der Waals surface area contributed by atoms with Crippen molar-refractivity contribution >= 4 is 23.3 Å². The summed E-state index contributed by atoms with van der Waals surface area (Å²) in [4.78, 5) is 20.5. The number of carbonyl (C=O) groups is 1. The minimum absolute atomic E-state index is 0.444. The maximum Gasteiger partial charge on any atom is 0.252 e. The first-order valence-electron chi connectivity index (χ1n) is 9.22. The first-order chi connectivity index (χ1) is 13.1. The molecule has 2 heterocycles. The summed E-state index contributed by atoms with van der Waals surface area (Å²) in [7, 11) is 0. The molecule has 1 aliphatic rings. The van der Waals surface area contributed by atoms with Crippen molar-refractivity contribution < 1.29 is 9.53 Å². The van der Waals surface area contributed by atoms with Crippen LogP contribution in [0.5, 0.6) is 5.75 Å². The predicted octanol–water partition coefficient (Wildman–Crippen LogP) is 2.94. The summed E-state index contributed by atoms with van der Waals surface area (Å²) in [5.74, 6) is 0.965. The number of carbonyl (C=O) groups excluding carboxylic acids is 1. The Morgan fingerprint density at radius 3 is 2.70 bits per heavy atom. The molecule has 1 amide bonds. The molecule has 1 saturated heterocycles. The number of anilines is 1. The van der Waals surface area contributed by atoms with Crippen LogP contribution in [0, 0.1) is 0 Å². The minimum atomic E-state index is -0.444. The highest BCUT2D eigenvalue weighted by Gasteiger charge is 2.21. The first-order valence-corrected chi connectivity index (χ1v) is 9.59. The standard InChI is InChI=1S/C20H25ClN4O2/c1-2-12-27-18-6-5-15(13-17(18)21)14-24-8-10-25(11-9-24)20-16(19(22)26)4-3-7-23-20/h3-7,13H,2,8-12,14H2,1H3,(H2,22,26). The highest BCUT2D eigenvalue weighted by atomic mass is 35.5. The number of rotatable bonds is 7. The fourth-order valence-electron chi connectivity index (χ4n) is 3.19. The number of amides is 1. The third-order valence-electron chi connectivity index (χ3n) is 4.59. The van der Waals surface area contributed by atoms with E-state index in [0.29, 0.717) is 23.0 Å². The Hall–Kier alpha value is -2.31. The van der Waals surface area contributed by atoms with Crippen LogP contribution in [0.2, 0.25) is 5.02 Å². The second kappa shape index (κ2) is 9.06. The maximum absolute atomic E-state index is 11.6. The maximum atomic E-state index is 11.6. The molecule has 0 unspecified atom stereocenters. The van der Waals surface area contributed by atoms with Crippen LogP contribution in [0.3, 0.4) is 0 Å².